The molecule has 1 aliphatic carbocycles. The van der Waals surface area contributed by atoms with Crippen LogP contribution < -0.4 is 0 Å². The van der Waals surface area contributed by atoms with Gasteiger partial charge in [-0.1, -0.05) is 18.6 Å². The highest BCUT2D eigenvalue weighted by Gasteiger charge is 2.29. The summed E-state index contributed by atoms with van der Waals surface area (Å²) in [7, 11) is 0. The second kappa shape index (κ2) is 4.66. The molecule has 3 nitrogen and oxygen atoms in total. The molecule has 86 valence electrons. The summed E-state index contributed by atoms with van der Waals surface area (Å²) in [4.78, 5) is 11.7. The molecular formula is C13H16O3. The smallest absolute Gasteiger partial charge is 0.138 e. The van der Waals surface area contributed by atoms with E-state index in [0.29, 0.717) is 12.0 Å². The lowest BCUT2D eigenvalue weighted by molar-refractivity contribution is -0.128. The molecule has 0 aliphatic heterocycles. The molecule has 0 heterocycles. The molecule has 1 saturated carbocycles. The normalized spacial score (nSPS) is 23.1. The highest BCUT2D eigenvalue weighted by atomic mass is 16.3. The van der Waals surface area contributed by atoms with Gasteiger partial charge in [0.25, 0.3) is 0 Å². The van der Waals surface area contributed by atoms with Gasteiger partial charge in [-0.05, 0) is 30.5 Å². The second-order valence-electron chi connectivity index (χ2n) is 4.35. The molecule has 2 atom stereocenters. The molecule has 1 aliphatic rings. The van der Waals surface area contributed by atoms with E-state index in [1.54, 1.807) is 12.1 Å². The molecule has 3 heteroatoms. The van der Waals surface area contributed by atoms with Gasteiger partial charge >= 0.3 is 0 Å². The van der Waals surface area contributed by atoms with Gasteiger partial charge in [-0.3, -0.25) is 4.79 Å². The fraction of sp³-hybridized carbons (Fsp3) is 0.462. The predicted molar refractivity (Wildman–Crippen MR) is 60.0 cm³/mol. The van der Waals surface area contributed by atoms with Crippen LogP contribution in [0.4, 0.5) is 0 Å². The highest BCUT2D eigenvalue weighted by Crippen LogP contribution is 2.32. The Balaban J connectivity index is 2.14. The average molecular weight is 220 g/mol. The van der Waals surface area contributed by atoms with Crippen molar-refractivity contribution in [1.29, 1.82) is 0 Å². The van der Waals surface area contributed by atoms with Crippen molar-refractivity contribution in [2.75, 3.05) is 0 Å². The number of rotatable bonds is 2. The molecule has 0 bridgehead atoms. The van der Waals surface area contributed by atoms with Crippen LogP contribution in [0.1, 0.15) is 37.4 Å². The quantitative estimate of drug-likeness (QED) is 0.803. The van der Waals surface area contributed by atoms with Gasteiger partial charge in [0.1, 0.15) is 11.5 Å². The van der Waals surface area contributed by atoms with Crippen LogP contribution in [0.3, 0.4) is 0 Å². The van der Waals surface area contributed by atoms with Gasteiger partial charge in [-0.15, -0.1) is 0 Å². The number of hydrogen-bond acceptors (Lipinski definition) is 3. The molecule has 1 aromatic carbocycles. The van der Waals surface area contributed by atoms with E-state index in [1.807, 2.05) is 0 Å². The summed E-state index contributed by atoms with van der Waals surface area (Å²) in [6.45, 7) is 0. The number of ketones is 1. The number of carbonyl (C=O) groups is 1. The molecule has 1 fully saturated rings. The Kier molecular flexibility index (Phi) is 3.25. The Morgan fingerprint density at radius 3 is 2.50 bits per heavy atom. The van der Waals surface area contributed by atoms with Crippen molar-refractivity contribution >= 4 is 5.78 Å². The highest BCUT2D eigenvalue weighted by molar-refractivity contribution is 5.82. The average Bonchev–Trinajstić information content (AvgIpc) is 2.30. The Bertz CT molecular complexity index is 369. The molecule has 0 saturated heterocycles. The van der Waals surface area contributed by atoms with Crippen LogP contribution >= 0.6 is 0 Å². The summed E-state index contributed by atoms with van der Waals surface area (Å²) in [5.74, 6) is 0.0658. The molecule has 2 rings (SSSR count). The first-order valence-corrected chi connectivity index (χ1v) is 5.68. The summed E-state index contributed by atoms with van der Waals surface area (Å²) in [5.41, 5.74) is 0.707. The molecule has 0 spiro atoms. The van der Waals surface area contributed by atoms with Gasteiger partial charge in [-0.2, -0.15) is 0 Å². The number of aliphatic hydroxyl groups excluding tert-OH is 1. The summed E-state index contributed by atoms with van der Waals surface area (Å²) < 4.78 is 0. The number of aliphatic hydroxyl groups is 1. The maximum Gasteiger partial charge on any atom is 0.138 e. The lowest BCUT2D eigenvalue weighted by atomic mass is 9.82. The Morgan fingerprint density at radius 1 is 1.19 bits per heavy atom. The van der Waals surface area contributed by atoms with Crippen LogP contribution in [0.25, 0.3) is 0 Å². The first-order chi connectivity index (χ1) is 7.68. The van der Waals surface area contributed by atoms with Crippen molar-refractivity contribution in [3.63, 3.8) is 0 Å². The number of hydrogen-bond donors (Lipinski definition) is 2. The van der Waals surface area contributed by atoms with Crippen molar-refractivity contribution in [1.82, 2.24) is 0 Å². The fourth-order valence-electron chi connectivity index (χ4n) is 2.25. The third-order valence-corrected chi connectivity index (χ3v) is 3.22. The van der Waals surface area contributed by atoms with E-state index in [0.717, 1.165) is 19.3 Å². The topological polar surface area (TPSA) is 57.5 Å². The molecule has 16 heavy (non-hydrogen) atoms. The van der Waals surface area contributed by atoms with Gasteiger partial charge in [0.2, 0.25) is 0 Å². The fourth-order valence-corrected chi connectivity index (χ4v) is 2.25. The second-order valence-corrected chi connectivity index (χ2v) is 4.35. The summed E-state index contributed by atoms with van der Waals surface area (Å²) in [6.07, 6.45) is 2.57. The number of Topliss-reactive ketones (excluding diaryl/α,β-unsaturated/α-hetero) is 1. The largest absolute Gasteiger partial charge is 0.508 e. The maximum atomic E-state index is 11.7. The SMILES string of the molecule is O=C1CCCC[C@H]1[C@H](O)c1ccc(O)cc1. The Hall–Kier alpha value is -1.35. The first-order valence-electron chi connectivity index (χ1n) is 5.68. The zero-order valence-electron chi connectivity index (χ0n) is 9.10. The number of benzene rings is 1. The van der Waals surface area contributed by atoms with E-state index < -0.39 is 6.10 Å². The van der Waals surface area contributed by atoms with Crippen molar-refractivity contribution < 1.29 is 15.0 Å². The molecule has 2 N–H and O–H groups in total. The molecule has 0 aromatic heterocycles. The van der Waals surface area contributed by atoms with Gasteiger partial charge in [0.15, 0.2) is 0 Å². The first kappa shape index (κ1) is 11.1. The summed E-state index contributed by atoms with van der Waals surface area (Å²) in [5, 5.41) is 19.3. The monoisotopic (exact) mass is 220 g/mol. The molecule has 0 radical (unpaired) electrons. The minimum atomic E-state index is -0.728. The number of aromatic hydroxyl groups is 1. The van der Waals surface area contributed by atoms with E-state index in [-0.39, 0.29) is 17.5 Å². The third-order valence-electron chi connectivity index (χ3n) is 3.22. The number of phenols is 1. The van der Waals surface area contributed by atoms with E-state index in [1.165, 1.54) is 12.1 Å². The van der Waals surface area contributed by atoms with Crippen LogP contribution in [0.5, 0.6) is 5.75 Å². The van der Waals surface area contributed by atoms with Crippen molar-refractivity contribution in [2.24, 2.45) is 5.92 Å². The molecule has 1 aromatic rings. The summed E-state index contributed by atoms with van der Waals surface area (Å²) >= 11 is 0. The van der Waals surface area contributed by atoms with Crippen LogP contribution in [0.15, 0.2) is 24.3 Å². The Morgan fingerprint density at radius 2 is 1.88 bits per heavy atom. The van der Waals surface area contributed by atoms with Gasteiger partial charge in [0, 0.05) is 12.3 Å². The van der Waals surface area contributed by atoms with E-state index >= 15 is 0 Å². The number of phenolic OH excluding ortho intramolecular Hbond substituents is 1. The number of carbonyl (C=O) groups excluding carboxylic acids is 1. The summed E-state index contributed by atoms with van der Waals surface area (Å²) in [6, 6.07) is 6.40. The lowest BCUT2D eigenvalue weighted by Gasteiger charge is -2.25. The van der Waals surface area contributed by atoms with Crippen molar-refractivity contribution in [3.8, 4) is 5.75 Å². The Labute approximate surface area is 94.7 Å². The van der Waals surface area contributed by atoms with Crippen LogP contribution in [0.2, 0.25) is 0 Å². The maximum absolute atomic E-state index is 11.7. The third kappa shape index (κ3) is 2.25. The van der Waals surface area contributed by atoms with Gasteiger partial charge in [0.05, 0.1) is 6.10 Å². The lowest BCUT2D eigenvalue weighted by Crippen LogP contribution is -2.25. The zero-order valence-corrected chi connectivity index (χ0v) is 9.10. The van der Waals surface area contributed by atoms with Crippen LogP contribution in [-0.2, 0) is 4.79 Å². The molecule has 0 amide bonds. The van der Waals surface area contributed by atoms with Crippen LogP contribution in [-0.4, -0.2) is 16.0 Å². The van der Waals surface area contributed by atoms with Gasteiger partial charge in [-0.25, -0.2) is 0 Å². The predicted octanol–water partition coefficient (Wildman–Crippen LogP) is 2.18. The van der Waals surface area contributed by atoms with E-state index in [2.05, 4.69) is 0 Å². The minimum absolute atomic E-state index is 0.159. The van der Waals surface area contributed by atoms with Crippen LogP contribution in [0, 0.1) is 5.92 Å². The van der Waals surface area contributed by atoms with Crippen molar-refractivity contribution in [2.45, 2.75) is 31.8 Å². The van der Waals surface area contributed by atoms with Gasteiger partial charge < -0.3 is 10.2 Å². The van der Waals surface area contributed by atoms with E-state index in [4.69, 9.17) is 5.11 Å². The minimum Gasteiger partial charge on any atom is -0.508 e. The zero-order chi connectivity index (χ0) is 11.5. The van der Waals surface area contributed by atoms with Crippen molar-refractivity contribution in [3.05, 3.63) is 29.8 Å². The van der Waals surface area contributed by atoms with E-state index in [9.17, 15) is 9.90 Å². The standard InChI is InChI=1S/C13H16O3/c14-10-7-5-9(6-8-10)13(16)11-3-1-2-4-12(11)15/h5-8,11,13-14,16H,1-4H2/t11-,13-/m1/s1. The molecule has 0 unspecified atom stereocenters. The molecular weight excluding hydrogens is 204 g/mol.